The van der Waals surface area contributed by atoms with Crippen LogP contribution in [-0.2, 0) is 15.1 Å². The second-order valence-corrected chi connectivity index (χ2v) is 13.5. The van der Waals surface area contributed by atoms with E-state index in [9.17, 15) is 5.11 Å². The van der Waals surface area contributed by atoms with Gasteiger partial charge in [0.2, 0.25) is 0 Å². The lowest BCUT2D eigenvalue weighted by Gasteiger charge is -2.44. The molecule has 1 N–H and O–H groups in total. The normalized spacial score (nSPS) is 28.1. The van der Waals surface area contributed by atoms with Crippen molar-refractivity contribution in [3.05, 3.63) is 83.4 Å². The van der Waals surface area contributed by atoms with Gasteiger partial charge in [-0.1, -0.05) is 30.7 Å². The summed E-state index contributed by atoms with van der Waals surface area (Å²) in [6.07, 6.45) is 9.01. The van der Waals surface area contributed by atoms with Crippen LogP contribution in [0.1, 0.15) is 93.4 Å². The van der Waals surface area contributed by atoms with Gasteiger partial charge in [-0.15, -0.1) is 0 Å². The summed E-state index contributed by atoms with van der Waals surface area (Å²) in [4.78, 5) is 2.48. The minimum absolute atomic E-state index is 0.216. The third-order valence-corrected chi connectivity index (χ3v) is 10.0. The van der Waals surface area contributed by atoms with Crippen LogP contribution in [0.5, 0.6) is 23.0 Å². The van der Waals surface area contributed by atoms with Gasteiger partial charge in [0.25, 0.3) is 0 Å². The van der Waals surface area contributed by atoms with E-state index in [1.807, 2.05) is 61.5 Å². The van der Waals surface area contributed by atoms with Crippen molar-refractivity contribution in [1.82, 2.24) is 4.90 Å². The first-order valence-corrected chi connectivity index (χ1v) is 17.7. The van der Waals surface area contributed by atoms with Crippen molar-refractivity contribution in [1.29, 1.82) is 0 Å². The van der Waals surface area contributed by atoms with Crippen molar-refractivity contribution in [2.75, 3.05) is 39.5 Å². The highest BCUT2D eigenvalue weighted by Crippen LogP contribution is 2.54. The fraction of sp³-hybridized carbons (Fsp3) is 0.538. The molecule has 0 amide bonds. The molecule has 0 spiro atoms. The largest absolute Gasteiger partial charge is 0.492 e. The number of piperidine rings is 1. The average Bonchev–Trinajstić information content (AvgIpc) is 3.10. The number of rotatable bonds is 10. The number of ether oxygens (including phenoxy) is 6. The summed E-state index contributed by atoms with van der Waals surface area (Å²) >= 11 is 0. The van der Waals surface area contributed by atoms with Crippen LogP contribution in [0.25, 0.3) is 0 Å². The molecule has 3 aromatic carbocycles. The fourth-order valence-corrected chi connectivity index (χ4v) is 7.41. The molecule has 0 saturated carbocycles. The molecule has 4 aliphatic rings. The lowest BCUT2D eigenvalue weighted by atomic mass is 9.71. The molecule has 8 nitrogen and oxygen atoms in total. The van der Waals surface area contributed by atoms with Crippen molar-refractivity contribution in [3.63, 3.8) is 0 Å². The highest BCUT2D eigenvalue weighted by molar-refractivity contribution is 5.50. The van der Waals surface area contributed by atoms with Crippen LogP contribution in [0.2, 0.25) is 0 Å². The first-order valence-electron chi connectivity index (χ1n) is 17.7. The van der Waals surface area contributed by atoms with E-state index in [4.69, 9.17) is 28.4 Å². The van der Waals surface area contributed by atoms with Gasteiger partial charge in [0, 0.05) is 31.0 Å². The molecule has 0 aromatic heterocycles. The zero-order valence-corrected chi connectivity index (χ0v) is 27.6. The maximum absolute atomic E-state index is 12.4. The zero-order valence-electron chi connectivity index (χ0n) is 27.6. The lowest BCUT2D eigenvalue weighted by molar-refractivity contribution is -0.106. The zero-order chi connectivity index (χ0) is 32.1. The molecular formula is C39H49NO7. The number of fused-ring (bicyclic) bond motifs is 1. The SMILES string of the molecule is CC1(O)c2ccc(OC3CCCCO3)cc2OC(c2ccc(OCCN3CCCCC3)cc2)C1c1ccc(OC2CCCCO2)cc1. The van der Waals surface area contributed by atoms with Crippen molar-refractivity contribution in [2.24, 2.45) is 0 Å². The molecule has 3 saturated heterocycles. The van der Waals surface area contributed by atoms with Gasteiger partial charge in [-0.25, -0.2) is 0 Å². The number of benzene rings is 3. The summed E-state index contributed by atoms with van der Waals surface area (Å²) in [5, 5.41) is 12.4. The van der Waals surface area contributed by atoms with E-state index >= 15 is 0 Å². The summed E-state index contributed by atoms with van der Waals surface area (Å²) in [5.74, 6) is 2.48. The van der Waals surface area contributed by atoms with E-state index < -0.39 is 17.6 Å². The number of hydrogen-bond acceptors (Lipinski definition) is 8. The van der Waals surface area contributed by atoms with Gasteiger partial charge in [0.1, 0.15) is 41.3 Å². The maximum atomic E-state index is 12.4. The van der Waals surface area contributed by atoms with E-state index in [1.165, 1.54) is 19.3 Å². The number of hydrogen-bond donors (Lipinski definition) is 1. The van der Waals surface area contributed by atoms with Crippen molar-refractivity contribution < 1.29 is 33.5 Å². The van der Waals surface area contributed by atoms with Gasteiger partial charge < -0.3 is 33.5 Å². The van der Waals surface area contributed by atoms with Crippen LogP contribution in [-0.4, -0.2) is 62.0 Å². The summed E-state index contributed by atoms with van der Waals surface area (Å²) in [6.45, 7) is 7.25. The van der Waals surface area contributed by atoms with Crippen molar-refractivity contribution in [3.8, 4) is 23.0 Å². The van der Waals surface area contributed by atoms with Gasteiger partial charge in [-0.2, -0.15) is 0 Å². The second-order valence-electron chi connectivity index (χ2n) is 13.5. The molecule has 4 heterocycles. The van der Waals surface area contributed by atoms with Crippen molar-refractivity contribution >= 4 is 0 Å². The first-order chi connectivity index (χ1) is 23.0. The lowest BCUT2D eigenvalue weighted by Crippen LogP contribution is -2.40. The van der Waals surface area contributed by atoms with Crippen LogP contribution in [0.3, 0.4) is 0 Å². The van der Waals surface area contributed by atoms with Gasteiger partial charge in [-0.05, 0) is 106 Å². The third-order valence-electron chi connectivity index (χ3n) is 10.0. The molecular weight excluding hydrogens is 594 g/mol. The third kappa shape index (κ3) is 7.72. The van der Waals surface area contributed by atoms with E-state index in [2.05, 4.69) is 17.0 Å². The summed E-state index contributed by atoms with van der Waals surface area (Å²) in [7, 11) is 0. The fourth-order valence-electron chi connectivity index (χ4n) is 7.41. The smallest absolute Gasteiger partial charge is 0.199 e. The van der Waals surface area contributed by atoms with E-state index in [1.54, 1.807) is 0 Å². The first kappa shape index (κ1) is 32.3. The standard InChI is InChI=1S/C39H49NO7/c1-39(41)33-20-19-32(46-36-10-4-8-25-44-36)27-34(33)47-38(29-13-15-30(16-14-29)42-26-23-40-21-5-2-6-22-40)37(39)28-11-17-31(18-12-28)45-35-9-3-7-24-43-35/h11-20,27,35-38,41H,2-10,21-26H2,1H3. The van der Waals surface area contributed by atoms with Crippen LogP contribution < -0.4 is 18.9 Å². The average molecular weight is 644 g/mol. The molecule has 5 unspecified atom stereocenters. The summed E-state index contributed by atoms with van der Waals surface area (Å²) in [6, 6.07) is 21.9. The Hall–Kier alpha value is -3.30. The van der Waals surface area contributed by atoms with E-state index in [0.29, 0.717) is 24.7 Å². The van der Waals surface area contributed by atoms with Gasteiger partial charge >= 0.3 is 0 Å². The molecule has 3 fully saturated rings. The Labute approximate surface area is 278 Å². The summed E-state index contributed by atoms with van der Waals surface area (Å²) in [5.41, 5.74) is 1.41. The molecule has 47 heavy (non-hydrogen) atoms. The molecule has 252 valence electrons. The Bertz CT molecular complexity index is 1420. The Morgan fingerprint density at radius 3 is 2.00 bits per heavy atom. The van der Waals surface area contributed by atoms with Crippen LogP contribution >= 0.6 is 0 Å². The number of likely N-dealkylation sites (tertiary alicyclic amines) is 1. The highest BCUT2D eigenvalue weighted by atomic mass is 16.7. The molecule has 0 radical (unpaired) electrons. The topological polar surface area (TPSA) is 78.9 Å². The minimum atomic E-state index is -1.24. The van der Waals surface area contributed by atoms with Crippen LogP contribution in [0.4, 0.5) is 0 Å². The van der Waals surface area contributed by atoms with Crippen LogP contribution in [0.15, 0.2) is 66.7 Å². The molecule has 0 aliphatic carbocycles. The predicted octanol–water partition coefficient (Wildman–Crippen LogP) is 7.49. The minimum Gasteiger partial charge on any atom is -0.492 e. The molecule has 0 bridgehead atoms. The van der Waals surface area contributed by atoms with Gasteiger partial charge in [0.15, 0.2) is 12.6 Å². The van der Waals surface area contributed by atoms with Crippen molar-refractivity contribution in [2.45, 2.75) is 94.9 Å². The second kappa shape index (κ2) is 14.9. The summed E-state index contributed by atoms with van der Waals surface area (Å²) < 4.78 is 36.9. The van der Waals surface area contributed by atoms with Gasteiger partial charge in [0.05, 0.1) is 19.1 Å². The molecule has 7 rings (SSSR count). The van der Waals surface area contributed by atoms with Gasteiger partial charge in [-0.3, -0.25) is 4.90 Å². The Balaban J connectivity index is 1.13. The van der Waals surface area contributed by atoms with Crippen LogP contribution in [0, 0.1) is 0 Å². The molecule has 3 aromatic rings. The highest BCUT2D eigenvalue weighted by Gasteiger charge is 2.48. The Kier molecular flexibility index (Phi) is 10.2. The molecule has 4 aliphatic heterocycles. The molecule has 5 atom stereocenters. The molecule has 8 heteroatoms. The monoisotopic (exact) mass is 643 g/mol. The Morgan fingerprint density at radius 2 is 1.34 bits per heavy atom. The number of aliphatic hydroxyl groups is 1. The van der Waals surface area contributed by atoms with E-state index in [-0.39, 0.29) is 12.6 Å². The quantitative estimate of drug-likeness (QED) is 0.244. The predicted molar refractivity (Wildman–Crippen MR) is 179 cm³/mol. The van der Waals surface area contributed by atoms with E-state index in [0.717, 1.165) is 93.0 Å². The number of nitrogens with zero attached hydrogens (tertiary/aromatic N) is 1. The Morgan fingerprint density at radius 1 is 0.723 bits per heavy atom. The maximum Gasteiger partial charge on any atom is 0.199 e.